The fourth-order valence-corrected chi connectivity index (χ4v) is 1.88. The third-order valence-corrected chi connectivity index (χ3v) is 2.97. The zero-order valence-corrected chi connectivity index (χ0v) is 11.9. The van der Waals surface area contributed by atoms with Crippen molar-refractivity contribution in [3.8, 4) is 0 Å². The minimum Gasteiger partial charge on any atom is -0.440 e. The first-order chi connectivity index (χ1) is 9.41. The lowest BCUT2D eigenvalue weighted by Gasteiger charge is -2.05. The molecule has 0 unspecified atom stereocenters. The number of rotatable bonds is 2. The number of nitrogens with one attached hydrogen (secondary N) is 1. The van der Waals surface area contributed by atoms with Gasteiger partial charge in [0.2, 0.25) is 11.8 Å². The van der Waals surface area contributed by atoms with E-state index >= 15 is 0 Å². The molecule has 0 amide bonds. The van der Waals surface area contributed by atoms with Crippen molar-refractivity contribution in [3.63, 3.8) is 0 Å². The quantitative estimate of drug-likeness (QED) is 0.836. The zero-order valence-electron chi connectivity index (χ0n) is 11.9. The predicted octanol–water partition coefficient (Wildman–Crippen LogP) is 1.85. The maximum Gasteiger partial charge on any atom is 0.281 e. The maximum absolute atomic E-state index is 12.2. The molecule has 2 rings (SSSR count). The number of carbonyl (C=O) groups excluding carboxylic acids is 1. The molecule has 0 aromatic carbocycles. The van der Waals surface area contributed by atoms with Crippen molar-refractivity contribution in [2.24, 2.45) is 0 Å². The van der Waals surface area contributed by atoms with E-state index in [1.54, 1.807) is 17.2 Å². The predicted molar refractivity (Wildman–Crippen MR) is 74.9 cm³/mol. The van der Waals surface area contributed by atoms with Gasteiger partial charge in [0.05, 0.1) is 5.56 Å². The van der Waals surface area contributed by atoms with Crippen LogP contribution in [0.5, 0.6) is 0 Å². The van der Waals surface area contributed by atoms with Crippen LogP contribution in [0.3, 0.4) is 0 Å². The number of aromatic amines is 1. The Hall–Kier alpha value is -2.46. The summed E-state index contributed by atoms with van der Waals surface area (Å²) in [5, 5.41) is 2.84. The number of carbonyl (C=O) groups is 1. The van der Waals surface area contributed by atoms with Gasteiger partial charge in [0.25, 0.3) is 5.56 Å². The molecule has 1 aliphatic rings. The van der Waals surface area contributed by atoms with Crippen LogP contribution in [-0.2, 0) is 4.74 Å². The van der Waals surface area contributed by atoms with Gasteiger partial charge in [-0.15, -0.1) is 0 Å². The summed E-state index contributed by atoms with van der Waals surface area (Å²) in [6.07, 6.45) is 4.82. The Balaban J connectivity index is 2.54. The lowest BCUT2D eigenvalue weighted by Crippen LogP contribution is -2.22. The van der Waals surface area contributed by atoms with Gasteiger partial charge in [-0.25, -0.2) is 0 Å². The second-order valence-corrected chi connectivity index (χ2v) is 4.86. The molecule has 6 heteroatoms. The van der Waals surface area contributed by atoms with Crippen LogP contribution in [0.25, 0.3) is 6.08 Å². The Morgan fingerprint density at radius 3 is 2.70 bits per heavy atom. The molecular formula is C14H17N3O3. The number of hydrogen-bond acceptors (Lipinski definition) is 4. The van der Waals surface area contributed by atoms with Crippen LogP contribution in [0.1, 0.15) is 42.7 Å². The first kappa shape index (κ1) is 14.0. The molecule has 0 saturated carbocycles. The fraction of sp³-hybridized carbons (Fsp3) is 0.357. The normalized spacial score (nSPS) is 13.7. The van der Waals surface area contributed by atoms with Gasteiger partial charge in [-0.2, -0.15) is 4.68 Å². The van der Waals surface area contributed by atoms with Gasteiger partial charge in [0.15, 0.2) is 0 Å². The molecule has 0 saturated heterocycles. The van der Waals surface area contributed by atoms with Gasteiger partial charge in [-0.3, -0.25) is 14.7 Å². The van der Waals surface area contributed by atoms with Gasteiger partial charge in [-0.05, 0) is 5.92 Å². The van der Waals surface area contributed by atoms with E-state index in [1.165, 1.54) is 13.2 Å². The Kier molecular flexibility index (Phi) is 3.68. The molecule has 1 aromatic heterocycles. The van der Waals surface area contributed by atoms with E-state index in [9.17, 15) is 9.59 Å². The monoisotopic (exact) mass is 275 g/mol. The standard InChI is InChI=1S/C14H17N3O3/c1-9(2)13-11(14(19)17(15-13)10(3)18)5-6-12-16(4)7-8-20-12/h5,7-9,15H,1-4H3. The van der Waals surface area contributed by atoms with Crippen molar-refractivity contribution in [1.82, 2.24) is 14.7 Å². The summed E-state index contributed by atoms with van der Waals surface area (Å²) >= 11 is 0. The molecule has 6 nitrogen and oxygen atoms in total. The van der Waals surface area contributed by atoms with Crippen LogP contribution in [0.4, 0.5) is 0 Å². The zero-order chi connectivity index (χ0) is 14.9. The molecule has 0 atom stereocenters. The molecule has 0 aliphatic carbocycles. The second kappa shape index (κ2) is 5.27. The minimum absolute atomic E-state index is 0.0849. The number of nitrogens with zero attached hydrogens (tertiary/aromatic N) is 2. The molecule has 0 bridgehead atoms. The lowest BCUT2D eigenvalue weighted by atomic mass is 10.1. The SMILES string of the molecule is CC(=O)n1[nH]c(C(C)C)c(C=C=C2OC=CN2C)c1=O. The van der Waals surface area contributed by atoms with E-state index in [2.05, 4.69) is 10.8 Å². The van der Waals surface area contributed by atoms with E-state index in [-0.39, 0.29) is 17.4 Å². The van der Waals surface area contributed by atoms with Crippen molar-refractivity contribution < 1.29 is 9.53 Å². The average Bonchev–Trinajstić information content (AvgIpc) is 2.91. The Morgan fingerprint density at radius 1 is 1.50 bits per heavy atom. The highest BCUT2D eigenvalue weighted by molar-refractivity contribution is 5.76. The molecule has 0 radical (unpaired) electrons. The van der Waals surface area contributed by atoms with Crippen LogP contribution in [0, 0.1) is 0 Å². The second-order valence-electron chi connectivity index (χ2n) is 4.86. The number of hydrogen-bond donors (Lipinski definition) is 1. The Labute approximate surface area is 116 Å². The van der Waals surface area contributed by atoms with Gasteiger partial charge in [-0.1, -0.05) is 19.6 Å². The van der Waals surface area contributed by atoms with E-state index in [1.807, 2.05) is 20.9 Å². The van der Waals surface area contributed by atoms with E-state index < -0.39 is 0 Å². The molecular weight excluding hydrogens is 258 g/mol. The van der Waals surface area contributed by atoms with Gasteiger partial charge < -0.3 is 9.64 Å². The summed E-state index contributed by atoms with van der Waals surface area (Å²) in [6, 6.07) is 0. The number of ether oxygens (including phenoxy) is 1. The molecule has 0 spiro atoms. The highest BCUT2D eigenvalue weighted by Crippen LogP contribution is 2.17. The Morgan fingerprint density at radius 2 is 2.20 bits per heavy atom. The van der Waals surface area contributed by atoms with Crippen LogP contribution < -0.4 is 5.56 Å². The van der Waals surface area contributed by atoms with Gasteiger partial charge in [0.1, 0.15) is 6.26 Å². The summed E-state index contributed by atoms with van der Waals surface area (Å²) in [6.45, 7) is 5.23. The molecule has 1 N–H and O–H groups in total. The van der Waals surface area contributed by atoms with E-state index in [0.29, 0.717) is 17.1 Å². The maximum atomic E-state index is 12.2. The average molecular weight is 275 g/mol. The molecule has 20 heavy (non-hydrogen) atoms. The summed E-state index contributed by atoms with van der Waals surface area (Å²) in [4.78, 5) is 25.3. The fourth-order valence-electron chi connectivity index (χ4n) is 1.88. The van der Waals surface area contributed by atoms with Crippen molar-refractivity contribution in [1.29, 1.82) is 0 Å². The third-order valence-electron chi connectivity index (χ3n) is 2.97. The van der Waals surface area contributed by atoms with E-state index in [0.717, 1.165) is 4.68 Å². The highest BCUT2D eigenvalue weighted by atomic mass is 16.5. The lowest BCUT2D eigenvalue weighted by molar-refractivity contribution is 0.0916. The molecule has 0 fully saturated rings. The van der Waals surface area contributed by atoms with Crippen LogP contribution in [0.15, 0.2) is 28.9 Å². The van der Waals surface area contributed by atoms with Crippen molar-refractivity contribution >= 4 is 12.0 Å². The van der Waals surface area contributed by atoms with Crippen LogP contribution in [0.2, 0.25) is 0 Å². The van der Waals surface area contributed by atoms with Crippen molar-refractivity contribution in [3.05, 3.63) is 45.7 Å². The van der Waals surface area contributed by atoms with Gasteiger partial charge in [0, 0.05) is 31.9 Å². The first-order valence-electron chi connectivity index (χ1n) is 6.30. The smallest absolute Gasteiger partial charge is 0.281 e. The first-order valence-corrected chi connectivity index (χ1v) is 6.30. The van der Waals surface area contributed by atoms with Crippen LogP contribution >= 0.6 is 0 Å². The minimum atomic E-state index is -0.372. The number of H-pyrrole nitrogens is 1. The summed E-state index contributed by atoms with van der Waals surface area (Å²) in [7, 11) is 1.81. The molecule has 2 heterocycles. The molecule has 1 aromatic rings. The molecule has 1 aliphatic heterocycles. The molecule has 106 valence electrons. The summed E-state index contributed by atoms with van der Waals surface area (Å²) in [5.74, 6) is 0.233. The van der Waals surface area contributed by atoms with Crippen LogP contribution in [-0.4, -0.2) is 27.6 Å². The topological polar surface area (TPSA) is 67.3 Å². The summed E-state index contributed by atoms with van der Waals surface area (Å²) < 4.78 is 6.22. The number of aromatic nitrogens is 2. The van der Waals surface area contributed by atoms with Crippen molar-refractivity contribution in [2.75, 3.05) is 7.05 Å². The largest absolute Gasteiger partial charge is 0.440 e. The van der Waals surface area contributed by atoms with E-state index in [4.69, 9.17) is 4.74 Å². The third kappa shape index (κ3) is 2.46. The van der Waals surface area contributed by atoms with Gasteiger partial charge >= 0.3 is 0 Å². The highest BCUT2D eigenvalue weighted by Gasteiger charge is 2.17. The summed E-state index contributed by atoms with van der Waals surface area (Å²) in [5.41, 5.74) is 3.68. The van der Waals surface area contributed by atoms with Crippen molar-refractivity contribution in [2.45, 2.75) is 26.7 Å². The Bertz CT molecular complexity index is 685.